The third-order valence-corrected chi connectivity index (χ3v) is 3.15. The quantitative estimate of drug-likeness (QED) is 0.782. The van der Waals surface area contributed by atoms with E-state index in [2.05, 4.69) is 4.98 Å². The molecular weight excluding hydrogens is 266 g/mol. The van der Waals surface area contributed by atoms with E-state index in [1.807, 2.05) is 53.9 Å². The SMILES string of the molecule is CCOc1cc(CN)ccc1Oc1cccc2nccn12. The molecule has 0 spiro atoms. The Balaban J connectivity index is 1.99. The Labute approximate surface area is 122 Å². The highest BCUT2D eigenvalue weighted by molar-refractivity contribution is 5.47. The lowest BCUT2D eigenvalue weighted by Crippen LogP contribution is -2.01. The summed E-state index contributed by atoms with van der Waals surface area (Å²) >= 11 is 0. The van der Waals surface area contributed by atoms with Gasteiger partial charge in [0.2, 0.25) is 5.88 Å². The van der Waals surface area contributed by atoms with Crippen molar-refractivity contribution in [2.24, 2.45) is 5.73 Å². The number of fused-ring (bicyclic) bond motifs is 1. The zero-order valence-corrected chi connectivity index (χ0v) is 11.8. The van der Waals surface area contributed by atoms with E-state index in [4.69, 9.17) is 15.2 Å². The largest absolute Gasteiger partial charge is 0.490 e. The molecule has 0 aliphatic carbocycles. The van der Waals surface area contributed by atoms with E-state index in [0.717, 1.165) is 11.2 Å². The van der Waals surface area contributed by atoms with Gasteiger partial charge in [0.1, 0.15) is 5.65 Å². The van der Waals surface area contributed by atoms with Gasteiger partial charge in [0.05, 0.1) is 6.61 Å². The van der Waals surface area contributed by atoms with Gasteiger partial charge in [0, 0.05) is 18.9 Å². The molecule has 0 saturated heterocycles. The van der Waals surface area contributed by atoms with Crippen molar-refractivity contribution in [3.8, 4) is 17.4 Å². The third-order valence-electron chi connectivity index (χ3n) is 3.15. The fraction of sp³-hybridized carbons (Fsp3) is 0.188. The molecule has 5 heteroatoms. The van der Waals surface area contributed by atoms with Gasteiger partial charge < -0.3 is 15.2 Å². The van der Waals surface area contributed by atoms with Crippen LogP contribution in [0.3, 0.4) is 0 Å². The molecule has 0 amide bonds. The number of rotatable bonds is 5. The smallest absolute Gasteiger partial charge is 0.205 e. The van der Waals surface area contributed by atoms with Gasteiger partial charge in [-0.25, -0.2) is 4.98 Å². The Morgan fingerprint density at radius 3 is 2.90 bits per heavy atom. The molecule has 0 unspecified atom stereocenters. The van der Waals surface area contributed by atoms with Crippen molar-refractivity contribution in [2.45, 2.75) is 13.5 Å². The van der Waals surface area contributed by atoms with Crippen molar-refractivity contribution >= 4 is 5.65 Å². The first-order valence-electron chi connectivity index (χ1n) is 6.87. The maximum Gasteiger partial charge on any atom is 0.205 e. The number of nitrogens with zero attached hydrogens (tertiary/aromatic N) is 2. The molecule has 0 saturated carbocycles. The van der Waals surface area contributed by atoms with E-state index >= 15 is 0 Å². The van der Waals surface area contributed by atoms with E-state index in [9.17, 15) is 0 Å². The molecule has 0 atom stereocenters. The molecule has 5 nitrogen and oxygen atoms in total. The van der Waals surface area contributed by atoms with Crippen molar-refractivity contribution < 1.29 is 9.47 Å². The van der Waals surface area contributed by atoms with E-state index < -0.39 is 0 Å². The highest BCUT2D eigenvalue weighted by Crippen LogP contribution is 2.32. The van der Waals surface area contributed by atoms with E-state index in [1.165, 1.54) is 0 Å². The van der Waals surface area contributed by atoms with Crippen LogP contribution in [0.15, 0.2) is 48.8 Å². The van der Waals surface area contributed by atoms with Gasteiger partial charge in [-0.2, -0.15) is 0 Å². The monoisotopic (exact) mass is 283 g/mol. The second kappa shape index (κ2) is 5.85. The highest BCUT2D eigenvalue weighted by atomic mass is 16.5. The van der Waals surface area contributed by atoms with Crippen LogP contribution in [0.5, 0.6) is 17.4 Å². The van der Waals surface area contributed by atoms with Gasteiger partial charge in [-0.05, 0) is 36.8 Å². The summed E-state index contributed by atoms with van der Waals surface area (Å²) in [5.74, 6) is 2.04. The average Bonchev–Trinajstić information content (AvgIpc) is 2.99. The second-order valence-electron chi connectivity index (χ2n) is 4.54. The number of imidazole rings is 1. The van der Waals surface area contributed by atoms with Crippen LogP contribution in [0.25, 0.3) is 5.65 Å². The molecule has 0 radical (unpaired) electrons. The Bertz CT molecular complexity index is 752. The van der Waals surface area contributed by atoms with Gasteiger partial charge in [-0.15, -0.1) is 0 Å². The first kappa shape index (κ1) is 13.5. The molecule has 0 bridgehead atoms. The van der Waals surface area contributed by atoms with Crippen LogP contribution in [0.2, 0.25) is 0 Å². The van der Waals surface area contributed by atoms with Crippen molar-refractivity contribution in [3.05, 3.63) is 54.4 Å². The molecule has 2 aromatic heterocycles. The summed E-state index contributed by atoms with van der Waals surface area (Å²) in [6.07, 6.45) is 3.60. The molecule has 3 rings (SSSR count). The zero-order valence-electron chi connectivity index (χ0n) is 11.8. The van der Waals surface area contributed by atoms with Crippen LogP contribution in [-0.2, 0) is 6.54 Å². The fourth-order valence-electron chi connectivity index (χ4n) is 2.15. The molecule has 21 heavy (non-hydrogen) atoms. The number of pyridine rings is 1. The van der Waals surface area contributed by atoms with Crippen LogP contribution in [0.1, 0.15) is 12.5 Å². The number of hydrogen-bond acceptors (Lipinski definition) is 4. The lowest BCUT2D eigenvalue weighted by molar-refractivity contribution is 0.318. The first-order valence-corrected chi connectivity index (χ1v) is 6.87. The first-order chi connectivity index (χ1) is 10.3. The predicted molar refractivity (Wildman–Crippen MR) is 80.8 cm³/mol. The Kier molecular flexibility index (Phi) is 3.75. The van der Waals surface area contributed by atoms with Crippen LogP contribution in [-0.4, -0.2) is 16.0 Å². The standard InChI is InChI=1S/C16H17N3O2/c1-2-20-14-10-12(11-17)6-7-13(14)21-16-5-3-4-15-18-8-9-19(15)16/h3-10H,2,11,17H2,1H3. The molecule has 2 heterocycles. The normalized spacial score (nSPS) is 10.8. The summed E-state index contributed by atoms with van der Waals surface area (Å²) in [5.41, 5.74) is 7.51. The van der Waals surface area contributed by atoms with Gasteiger partial charge in [-0.1, -0.05) is 12.1 Å². The zero-order chi connectivity index (χ0) is 14.7. The number of aromatic nitrogens is 2. The fourth-order valence-corrected chi connectivity index (χ4v) is 2.15. The summed E-state index contributed by atoms with van der Waals surface area (Å²) in [4.78, 5) is 4.24. The van der Waals surface area contributed by atoms with E-state index in [-0.39, 0.29) is 0 Å². The molecule has 1 aromatic carbocycles. The third kappa shape index (κ3) is 2.68. The van der Waals surface area contributed by atoms with Gasteiger partial charge in [0.15, 0.2) is 11.5 Å². The number of hydrogen-bond donors (Lipinski definition) is 1. The Morgan fingerprint density at radius 1 is 1.19 bits per heavy atom. The maximum absolute atomic E-state index is 5.99. The summed E-state index contributed by atoms with van der Waals surface area (Å²) in [5, 5.41) is 0. The summed E-state index contributed by atoms with van der Waals surface area (Å²) in [7, 11) is 0. The number of benzene rings is 1. The van der Waals surface area contributed by atoms with Crippen LogP contribution in [0, 0.1) is 0 Å². The summed E-state index contributed by atoms with van der Waals surface area (Å²) in [6.45, 7) is 2.98. The van der Waals surface area contributed by atoms with Crippen LogP contribution >= 0.6 is 0 Å². The van der Waals surface area contributed by atoms with Gasteiger partial charge in [-0.3, -0.25) is 4.40 Å². The van der Waals surface area contributed by atoms with Crippen molar-refractivity contribution in [2.75, 3.05) is 6.61 Å². The van der Waals surface area contributed by atoms with Gasteiger partial charge in [0.25, 0.3) is 0 Å². The van der Waals surface area contributed by atoms with E-state index in [0.29, 0.717) is 30.5 Å². The minimum Gasteiger partial charge on any atom is -0.490 e. The lowest BCUT2D eigenvalue weighted by atomic mass is 10.2. The molecule has 0 aliphatic rings. The maximum atomic E-state index is 5.99. The van der Waals surface area contributed by atoms with Crippen molar-refractivity contribution in [1.82, 2.24) is 9.38 Å². The molecule has 0 fully saturated rings. The number of ether oxygens (including phenoxy) is 2. The Morgan fingerprint density at radius 2 is 2.10 bits per heavy atom. The number of nitrogens with two attached hydrogens (primary N) is 1. The Hall–Kier alpha value is -2.53. The molecule has 0 aliphatic heterocycles. The summed E-state index contributed by atoms with van der Waals surface area (Å²) < 4.78 is 13.5. The molecule has 108 valence electrons. The highest BCUT2D eigenvalue weighted by Gasteiger charge is 2.09. The average molecular weight is 283 g/mol. The molecule has 2 N–H and O–H groups in total. The minimum absolute atomic E-state index is 0.470. The van der Waals surface area contributed by atoms with E-state index in [1.54, 1.807) is 6.20 Å². The molecular formula is C16H17N3O2. The topological polar surface area (TPSA) is 61.8 Å². The van der Waals surface area contributed by atoms with Crippen LogP contribution < -0.4 is 15.2 Å². The minimum atomic E-state index is 0.470. The van der Waals surface area contributed by atoms with Gasteiger partial charge >= 0.3 is 0 Å². The predicted octanol–water partition coefficient (Wildman–Crippen LogP) is 2.98. The van der Waals surface area contributed by atoms with Crippen molar-refractivity contribution in [3.63, 3.8) is 0 Å². The molecule has 3 aromatic rings. The van der Waals surface area contributed by atoms with Crippen LogP contribution in [0.4, 0.5) is 0 Å². The van der Waals surface area contributed by atoms with Crippen molar-refractivity contribution in [1.29, 1.82) is 0 Å². The summed E-state index contributed by atoms with van der Waals surface area (Å²) in [6, 6.07) is 11.4. The second-order valence-corrected chi connectivity index (χ2v) is 4.54. The lowest BCUT2D eigenvalue weighted by Gasteiger charge is -2.13.